The largest absolute Gasteiger partial charge is 0.416 e. The zero-order valence-electron chi connectivity index (χ0n) is 12.3. The first-order valence-corrected chi connectivity index (χ1v) is 6.82. The van der Waals surface area contributed by atoms with Gasteiger partial charge in [-0.25, -0.2) is 4.79 Å². The first kappa shape index (κ1) is 16.6. The first-order valence-electron chi connectivity index (χ1n) is 6.82. The van der Waals surface area contributed by atoms with Crippen LogP contribution in [0.25, 0.3) is 6.08 Å². The molecule has 0 fully saturated rings. The van der Waals surface area contributed by atoms with Crippen molar-refractivity contribution in [1.29, 1.82) is 0 Å². The molecule has 23 heavy (non-hydrogen) atoms. The molecule has 0 saturated heterocycles. The number of alkyl halides is 3. The Bertz CT molecular complexity index is 707. The minimum atomic E-state index is -4.44. The minimum Gasteiger partial charge on any atom is -0.314 e. The number of halogens is 3. The first-order chi connectivity index (χ1) is 10.8. The van der Waals surface area contributed by atoms with E-state index in [2.05, 4.69) is 10.6 Å². The molecule has 0 unspecified atom stereocenters. The van der Waals surface area contributed by atoms with Crippen molar-refractivity contribution < 1.29 is 18.0 Å². The molecule has 0 aliphatic heterocycles. The zero-order chi connectivity index (χ0) is 16.9. The molecule has 0 radical (unpaired) electrons. The number of hydrogen-bond donors (Lipinski definition) is 2. The third-order valence-corrected chi connectivity index (χ3v) is 3.02. The van der Waals surface area contributed by atoms with Gasteiger partial charge in [0.05, 0.1) is 5.56 Å². The Morgan fingerprint density at radius 2 is 1.78 bits per heavy atom. The summed E-state index contributed by atoms with van der Waals surface area (Å²) < 4.78 is 37.8. The Morgan fingerprint density at radius 1 is 1.09 bits per heavy atom. The van der Waals surface area contributed by atoms with Gasteiger partial charge in [-0.05, 0) is 36.8 Å². The van der Waals surface area contributed by atoms with Crippen LogP contribution in [-0.4, -0.2) is 6.03 Å². The zero-order valence-corrected chi connectivity index (χ0v) is 12.3. The summed E-state index contributed by atoms with van der Waals surface area (Å²) in [7, 11) is 0. The second-order valence-electron chi connectivity index (χ2n) is 4.92. The lowest BCUT2D eigenvalue weighted by Gasteiger charge is -2.09. The lowest BCUT2D eigenvalue weighted by atomic mass is 10.1. The Hall–Kier alpha value is -2.76. The van der Waals surface area contributed by atoms with Crippen molar-refractivity contribution in [3.63, 3.8) is 0 Å². The average Bonchev–Trinajstić information content (AvgIpc) is 2.49. The summed E-state index contributed by atoms with van der Waals surface area (Å²) in [4.78, 5) is 11.7. The molecule has 0 saturated carbocycles. The summed E-state index contributed by atoms with van der Waals surface area (Å²) in [5, 5.41) is 4.79. The van der Waals surface area contributed by atoms with Crippen LogP contribution in [0.2, 0.25) is 0 Å². The Morgan fingerprint density at radius 3 is 2.43 bits per heavy atom. The van der Waals surface area contributed by atoms with E-state index >= 15 is 0 Å². The van der Waals surface area contributed by atoms with Gasteiger partial charge in [0.1, 0.15) is 0 Å². The smallest absolute Gasteiger partial charge is 0.314 e. The van der Waals surface area contributed by atoms with Crippen molar-refractivity contribution in [1.82, 2.24) is 5.32 Å². The third kappa shape index (κ3) is 5.18. The van der Waals surface area contributed by atoms with Crippen LogP contribution >= 0.6 is 0 Å². The number of hydrogen-bond acceptors (Lipinski definition) is 1. The SMILES string of the molecule is Cc1ccc(/C=C/NC(=O)Nc2cccc(C(F)(F)F)c2)cc1. The minimum absolute atomic E-state index is 0.0704. The van der Waals surface area contributed by atoms with Crippen LogP contribution < -0.4 is 10.6 Å². The van der Waals surface area contributed by atoms with Crippen molar-refractivity contribution in [3.8, 4) is 0 Å². The highest BCUT2D eigenvalue weighted by atomic mass is 19.4. The molecule has 2 amide bonds. The van der Waals surface area contributed by atoms with E-state index in [9.17, 15) is 18.0 Å². The molecule has 0 heterocycles. The topological polar surface area (TPSA) is 41.1 Å². The number of carbonyl (C=O) groups is 1. The fourth-order valence-electron chi connectivity index (χ4n) is 1.83. The number of nitrogens with one attached hydrogen (secondary N) is 2. The fraction of sp³-hybridized carbons (Fsp3) is 0.118. The number of rotatable bonds is 3. The average molecular weight is 320 g/mol. The van der Waals surface area contributed by atoms with Gasteiger partial charge in [0, 0.05) is 11.9 Å². The predicted octanol–water partition coefficient (Wildman–Crippen LogP) is 4.81. The van der Waals surface area contributed by atoms with Crippen LogP contribution in [0.4, 0.5) is 23.7 Å². The molecule has 2 N–H and O–H groups in total. The van der Waals surface area contributed by atoms with Crippen molar-refractivity contribution in [2.24, 2.45) is 0 Å². The van der Waals surface area contributed by atoms with Gasteiger partial charge in [-0.15, -0.1) is 0 Å². The van der Waals surface area contributed by atoms with Gasteiger partial charge in [0.2, 0.25) is 0 Å². The maximum absolute atomic E-state index is 12.6. The highest BCUT2D eigenvalue weighted by molar-refractivity contribution is 5.90. The van der Waals surface area contributed by atoms with Crippen LogP contribution in [0.5, 0.6) is 0 Å². The summed E-state index contributed by atoms with van der Waals surface area (Å²) >= 11 is 0. The number of benzene rings is 2. The molecular weight excluding hydrogens is 305 g/mol. The second kappa shape index (κ2) is 7.00. The third-order valence-electron chi connectivity index (χ3n) is 3.02. The van der Waals surface area contributed by atoms with Crippen LogP contribution in [0.1, 0.15) is 16.7 Å². The van der Waals surface area contributed by atoms with Crippen LogP contribution in [0.3, 0.4) is 0 Å². The molecule has 120 valence electrons. The van der Waals surface area contributed by atoms with Crippen LogP contribution in [-0.2, 0) is 6.18 Å². The maximum atomic E-state index is 12.6. The van der Waals surface area contributed by atoms with Gasteiger partial charge in [-0.3, -0.25) is 0 Å². The summed E-state index contributed by atoms with van der Waals surface area (Å²) in [6.45, 7) is 1.97. The molecule has 0 atom stereocenters. The number of carbonyl (C=O) groups excluding carboxylic acids is 1. The van der Waals surface area contributed by atoms with Crippen molar-refractivity contribution in [2.45, 2.75) is 13.1 Å². The lowest BCUT2D eigenvalue weighted by Crippen LogP contribution is -2.23. The lowest BCUT2D eigenvalue weighted by molar-refractivity contribution is -0.137. The molecule has 0 aliphatic carbocycles. The Labute approximate surface area is 131 Å². The van der Waals surface area contributed by atoms with Gasteiger partial charge in [0.25, 0.3) is 0 Å². The van der Waals surface area contributed by atoms with Gasteiger partial charge >= 0.3 is 12.2 Å². The van der Waals surface area contributed by atoms with E-state index in [1.807, 2.05) is 31.2 Å². The normalized spacial score (nSPS) is 11.5. The van der Waals surface area contributed by atoms with Crippen molar-refractivity contribution in [2.75, 3.05) is 5.32 Å². The molecule has 2 aromatic carbocycles. The van der Waals surface area contributed by atoms with E-state index in [4.69, 9.17) is 0 Å². The predicted molar refractivity (Wildman–Crippen MR) is 83.8 cm³/mol. The van der Waals surface area contributed by atoms with Gasteiger partial charge < -0.3 is 10.6 Å². The van der Waals surface area contributed by atoms with E-state index in [1.165, 1.54) is 18.3 Å². The number of amides is 2. The Kier molecular flexibility index (Phi) is 5.05. The number of urea groups is 1. The maximum Gasteiger partial charge on any atom is 0.416 e. The van der Waals surface area contributed by atoms with E-state index < -0.39 is 17.8 Å². The van der Waals surface area contributed by atoms with Gasteiger partial charge in [-0.1, -0.05) is 35.9 Å². The summed E-state index contributed by atoms with van der Waals surface area (Å²) in [6.07, 6.45) is -1.34. The van der Waals surface area contributed by atoms with E-state index in [-0.39, 0.29) is 5.69 Å². The molecule has 2 rings (SSSR count). The van der Waals surface area contributed by atoms with Gasteiger partial charge in [-0.2, -0.15) is 13.2 Å². The van der Waals surface area contributed by atoms with E-state index in [1.54, 1.807) is 6.08 Å². The standard InChI is InChI=1S/C17H15F3N2O/c1-12-5-7-13(8-6-12)9-10-21-16(23)22-15-4-2-3-14(11-15)17(18,19)20/h2-11H,1H3,(H2,21,22,23)/b10-9+. The van der Waals surface area contributed by atoms with Crippen LogP contribution in [0, 0.1) is 6.92 Å². The molecule has 2 aromatic rings. The monoisotopic (exact) mass is 320 g/mol. The molecule has 0 aromatic heterocycles. The molecule has 0 bridgehead atoms. The summed E-state index contributed by atoms with van der Waals surface area (Å²) in [6, 6.07) is 11.5. The van der Waals surface area contributed by atoms with E-state index in [0.29, 0.717) is 0 Å². The Balaban J connectivity index is 1.93. The van der Waals surface area contributed by atoms with Crippen molar-refractivity contribution >= 4 is 17.8 Å². The van der Waals surface area contributed by atoms with Crippen molar-refractivity contribution in [3.05, 3.63) is 71.4 Å². The van der Waals surface area contributed by atoms with E-state index in [0.717, 1.165) is 23.3 Å². The van der Waals surface area contributed by atoms with Gasteiger partial charge in [0.15, 0.2) is 0 Å². The summed E-state index contributed by atoms with van der Waals surface area (Å²) in [5.41, 5.74) is 1.28. The fourth-order valence-corrected chi connectivity index (χ4v) is 1.83. The molecule has 3 nitrogen and oxygen atoms in total. The highest BCUT2D eigenvalue weighted by Crippen LogP contribution is 2.30. The number of aryl methyl sites for hydroxylation is 1. The number of anilines is 1. The summed E-state index contributed by atoms with van der Waals surface area (Å²) in [5.74, 6) is 0. The molecular formula is C17H15F3N2O. The quantitative estimate of drug-likeness (QED) is 0.837. The molecule has 0 aliphatic rings. The highest BCUT2D eigenvalue weighted by Gasteiger charge is 2.30. The molecule has 6 heteroatoms. The van der Waals surface area contributed by atoms with Crippen LogP contribution in [0.15, 0.2) is 54.7 Å². The molecule has 0 spiro atoms. The second-order valence-corrected chi connectivity index (χ2v) is 4.92.